The van der Waals surface area contributed by atoms with Gasteiger partial charge in [0, 0.05) is 18.2 Å². The third-order valence-electron chi connectivity index (χ3n) is 5.12. The second-order valence-corrected chi connectivity index (χ2v) is 8.36. The Morgan fingerprint density at radius 2 is 2.06 bits per heavy atom. The van der Waals surface area contributed by atoms with Crippen LogP contribution in [0.4, 0.5) is 0 Å². The fourth-order valence-electron chi connectivity index (χ4n) is 3.66. The second kappa shape index (κ2) is 8.94. The smallest absolute Gasteiger partial charge is 0.438 e. The number of carboxylic acid groups (broad SMARTS) is 1. The average Bonchev–Trinajstić information content (AvgIpc) is 3.21. The normalized spacial score (nSPS) is 20.5. The lowest BCUT2D eigenvalue weighted by atomic mass is 9.95. The van der Waals surface area contributed by atoms with Crippen molar-refractivity contribution >= 4 is 35.5 Å². The SMILES string of the molecule is CC(=O)OCC1=C(C(=O)O)N2C(=O)[C@@H](NC(=O)C(c3ccccc3)c3noc(=O)[nH]3)C2SC1. The molecule has 1 aromatic carbocycles. The third kappa shape index (κ3) is 4.26. The predicted molar refractivity (Wildman–Crippen MR) is 112 cm³/mol. The highest BCUT2D eigenvalue weighted by Crippen LogP contribution is 2.40. The molecule has 2 amide bonds. The predicted octanol–water partition coefficient (Wildman–Crippen LogP) is -0.203. The number of amides is 2. The first-order chi connectivity index (χ1) is 15.8. The quantitative estimate of drug-likeness (QED) is 0.360. The molecule has 0 radical (unpaired) electrons. The summed E-state index contributed by atoms with van der Waals surface area (Å²) in [6.07, 6.45) is 0. The first kappa shape index (κ1) is 22.3. The summed E-state index contributed by atoms with van der Waals surface area (Å²) in [5.41, 5.74) is 0.546. The molecule has 0 bridgehead atoms. The number of carbonyl (C=O) groups is 4. The van der Waals surface area contributed by atoms with E-state index in [1.54, 1.807) is 30.3 Å². The van der Waals surface area contributed by atoms with Gasteiger partial charge in [0.1, 0.15) is 29.6 Å². The summed E-state index contributed by atoms with van der Waals surface area (Å²) < 4.78 is 9.44. The molecule has 2 aliphatic heterocycles. The topological polar surface area (TPSA) is 172 Å². The molecule has 1 saturated heterocycles. The van der Waals surface area contributed by atoms with Crippen LogP contribution in [-0.2, 0) is 23.9 Å². The van der Waals surface area contributed by atoms with Gasteiger partial charge >= 0.3 is 17.7 Å². The van der Waals surface area contributed by atoms with Crippen LogP contribution >= 0.6 is 11.8 Å². The van der Waals surface area contributed by atoms with Crippen LogP contribution in [0.3, 0.4) is 0 Å². The van der Waals surface area contributed by atoms with Crippen LogP contribution < -0.4 is 11.1 Å². The van der Waals surface area contributed by atoms with Gasteiger partial charge in [0.2, 0.25) is 5.91 Å². The third-order valence-corrected chi connectivity index (χ3v) is 6.46. The number of H-pyrrole nitrogens is 1. The number of β-lactam (4-membered cyclic amide) rings is 1. The lowest BCUT2D eigenvalue weighted by molar-refractivity contribution is -0.151. The fraction of sp³-hybridized carbons (Fsp3) is 0.300. The Bertz CT molecular complexity index is 1200. The Labute approximate surface area is 189 Å². The largest absolute Gasteiger partial charge is 0.477 e. The van der Waals surface area contributed by atoms with Gasteiger partial charge in [-0.05, 0) is 5.56 Å². The Kier molecular flexibility index (Phi) is 6.05. The van der Waals surface area contributed by atoms with Crippen LogP contribution in [0.5, 0.6) is 0 Å². The number of benzene rings is 1. The number of hydrogen-bond donors (Lipinski definition) is 3. The van der Waals surface area contributed by atoms with E-state index in [4.69, 9.17) is 4.74 Å². The zero-order valence-corrected chi connectivity index (χ0v) is 18.0. The number of hydrogen-bond acceptors (Lipinski definition) is 9. The molecular weight excluding hydrogens is 456 g/mol. The van der Waals surface area contributed by atoms with Crippen molar-refractivity contribution in [1.29, 1.82) is 0 Å². The Hall–Kier alpha value is -3.87. The lowest BCUT2D eigenvalue weighted by Crippen LogP contribution is -2.71. The van der Waals surface area contributed by atoms with E-state index in [0.717, 1.165) is 4.90 Å². The van der Waals surface area contributed by atoms with E-state index in [1.165, 1.54) is 18.7 Å². The van der Waals surface area contributed by atoms with Gasteiger partial charge in [0.15, 0.2) is 5.82 Å². The standard InChI is InChI=1S/C20H18N4O8S/c1-9(25)31-7-11-8-33-18-13(17(27)24(18)14(11)19(28)29)21-16(26)12(10-5-3-2-4-6-10)15-22-20(30)32-23-15/h2-6,12-13,18H,7-8H2,1H3,(H,21,26)(H,28,29)(H,22,23,30)/t12?,13-,18?/m1/s1. The summed E-state index contributed by atoms with van der Waals surface area (Å²) in [5, 5.41) is 15.2. The minimum absolute atomic E-state index is 0.0292. The molecule has 13 heteroatoms. The molecule has 2 aromatic rings. The zero-order valence-electron chi connectivity index (χ0n) is 17.1. The molecule has 2 aliphatic rings. The molecule has 0 saturated carbocycles. The molecule has 1 fully saturated rings. The van der Waals surface area contributed by atoms with Crippen molar-refractivity contribution in [3.8, 4) is 0 Å². The van der Waals surface area contributed by atoms with Gasteiger partial charge < -0.3 is 15.2 Å². The van der Waals surface area contributed by atoms with E-state index < -0.39 is 46.8 Å². The van der Waals surface area contributed by atoms with Gasteiger partial charge in [-0.15, -0.1) is 11.8 Å². The highest BCUT2D eigenvalue weighted by atomic mass is 32.2. The van der Waals surface area contributed by atoms with Crippen LogP contribution in [-0.4, -0.2) is 67.7 Å². The van der Waals surface area contributed by atoms with Gasteiger partial charge in [-0.3, -0.25) is 28.8 Å². The van der Waals surface area contributed by atoms with E-state index in [-0.39, 0.29) is 23.9 Å². The molecule has 172 valence electrons. The van der Waals surface area contributed by atoms with Crippen LogP contribution in [0.15, 0.2) is 50.9 Å². The number of fused-ring (bicyclic) bond motifs is 1. The average molecular weight is 474 g/mol. The molecule has 3 N–H and O–H groups in total. The van der Waals surface area contributed by atoms with Crippen LogP contribution in [0.1, 0.15) is 24.2 Å². The monoisotopic (exact) mass is 474 g/mol. The van der Waals surface area contributed by atoms with Crippen molar-refractivity contribution in [2.75, 3.05) is 12.4 Å². The minimum Gasteiger partial charge on any atom is -0.477 e. The number of aliphatic carboxylic acids is 1. The summed E-state index contributed by atoms with van der Waals surface area (Å²) in [7, 11) is 0. The van der Waals surface area contributed by atoms with Crippen LogP contribution in [0.25, 0.3) is 0 Å². The first-order valence-electron chi connectivity index (χ1n) is 9.72. The van der Waals surface area contributed by atoms with Gasteiger partial charge in [0.05, 0.1) is 0 Å². The van der Waals surface area contributed by atoms with E-state index in [2.05, 4.69) is 20.0 Å². The van der Waals surface area contributed by atoms with Crippen molar-refractivity contribution in [3.05, 3.63) is 63.5 Å². The second-order valence-electron chi connectivity index (χ2n) is 7.26. The lowest BCUT2D eigenvalue weighted by Gasteiger charge is -2.49. The first-order valence-corrected chi connectivity index (χ1v) is 10.8. The van der Waals surface area contributed by atoms with E-state index in [0.29, 0.717) is 11.1 Å². The minimum atomic E-state index is -1.33. The van der Waals surface area contributed by atoms with E-state index >= 15 is 0 Å². The number of thioether (sulfide) groups is 1. The maximum absolute atomic E-state index is 13.2. The Morgan fingerprint density at radius 1 is 1.33 bits per heavy atom. The van der Waals surface area contributed by atoms with Gasteiger partial charge in [0.25, 0.3) is 5.91 Å². The van der Waals surface area contributed by atoms with E-state index in [1.807, 2.05) is 0 Å². The summed E-state index contributed by atoms with van der Waals surface area (Å²) in [5.74, 6) is -4.84. The van der Waals surface area contributed by atoms with Gasteiger partial charge in [-0.25, -0.2) is 9.59 Å². The fourth-order valence-corrected chi connectivity index (χ4v) is 4.99. The van der Waals surface area contributed by atoms with Crippen molar-refractivity contribution in [3.63, 3.8) is 0 Å². The molecular formula is C20H18N4O8S. The number of aromatic amines is 1. The van der Waals surface area contributed by atoms with E-state index in [9.17, 15) is 29.1 Å². The summed E-state index contributed by atoms with van der Waals surface area (Å²) in [4.78, 5) is 63.8. The highest BCUT2D eigenvalue weighted by Gasteiger charge is 2.54. The van der Waals surface area contributed by atoms with Gasteiger partial charge in [-0.2, -0.15) is 0 Å². The molecule has 33 heavy (non-hydrogen) atoms. The number of ether oxygens (including phenoxy) is 1. The number of carboxylic acids is 1. The molecule has 0 spiro atoms. The number of carbonyl (C=O) groups excluding carboxylic acids is 3. The summed E-state index contributed by atoms with van der Waals surface area (Å²) in [6, 6.07) is 7.49. The van der Waals surface area contributed by atoms with Crippen molar-refractivity contribution < 1.29 is 33.5 Å². The zero-order chi connectivity index (χ0) is 23.7. The molecule has 3 heterocycles. The van der Waals surface area contributed by atoms with Crippen molar-refractivity contribution in [1.82, 2.24) is 20.4 Å². The van der Waals surface area contributed by atoms with Crippen molar-refractivity contribution in [2.45, 2.75) is 24.3 Å². The number of aromatic nitrogens is 2. The summed E-state index contributed by atoms with van der Waals surface area (Å²) >= 11 is 1.24. The highest BCUT2D eigenvalue weighted by molar-refractivity contribution is 8.00. The molecule has 2 unspecified atom stereocenters. The van der Waals surface area contributed by atoms with Crippen molar-refractivity contribution in [2.24, 2.45) is 0 Å². The Balaban J connectivity index is 1.56. The number of esters is 1. The maximum Gasteiger partial charge on any atom is 0.438 e. The van der Waals surface area contributed by atoms with Gasteiger partial charge in [-0.1, -0.05) is 35.5 Å². The van der Waals surface area contributed by atoms with Crippen LogP contribution in [0.2, 0.25) is 0 Å². The molecule has 0 aliphatic carbocycles. The summed E-state index contributed by atoms with van der Waals surface area (Å²) in [6.45, 7) is 0.957. The Morgan fingerprint density at radius 3 is 2.67 bits per heavy atom. The molecule has 3 atom stereocenters. The number of rotatable bonds is 7. The molecule has 1 aromatic heterocycles. The number of nitrogens with one attached hydrogen (secondary N) is 2. The number of nitrogens with zero attached hydrogens (tertiary/aromatic N) is 2. The maximum atomic E-state index is 13.2. The van der Waals surface area contributed by atoms with Crippen LogP contribution in [0, 0.1) is 0 Å². The molecule has 4 rings (SSSR count). The molecule has 12 nitrogen and oxygen atoms in total.